The summed E-state index contributed by atoms with van der Waals surface area (Å²) in [5, 5.41) is 28.0. The Balaban J connectivity index is 0.000000198. The van der Waals surface area contributed by atoms with Crippen molar-refractivity contribution in [1.82, 2.24) is 0 Å². The van der Waals surface area contributed by atoms with E-state index in [-0.39, 0.29) is 68.4 Å². The smallest absolute Gasteiger partial charge is 0.508 e. The van der Waals surface area contributed by atoms with Crippen LogP contribution in [0.2, 0.25) is 0 Å². The number of esters is 1. The van der Waals surface area contributed by atoms with Gasteiger partial charge < -0.3 is 34.2 Å². The third kappa shape index (κ3) is 6.64. The number of fused-ring (bicyclic) bond motifs is 6. The van der Waals surface area contributed by atoms with E-state index in [9.17, 15) is 24.6 Å². The van der Waals surface area contributed by atoms with Gasteiger partial charge >= 0.3 is 57.4 Å². The molecule has 48 heavy (non-hydrogen) atoms. The summed E-state index contributed by atoms with van der Waals surface area (Å²) < 4.78 is 11.8. The Morgan fingerprint density at radius 1 is 0.771 bits per heavy atom. The SMILES string of the molecule is CN(C)c1ccc(N=Nc2ccc([C-]=O)cc2)cc1.[CH2-]C(=O)c1ccc2c(c1)C(=O)OC21c2ccc(O)cc2Oc2cc(O)ccc21.[K+]. The minimum absolute atomic E-state index is 0. The number of hydrogen-bond donors (Lipinski definition) is 2. The maximum atomic E-state index is 12.8. The average molecular weight is 665 g/mol. The maximum absolute atomic E-state index is 12.8. The van der Waals surface area contributed by atoms with Gasteiger partial charge in [-0.1, -0.05) is 18.2 Å². The number of rotatable bonds is 5. The summed E-state index contributed by atoms with van der Waals surface area (Å²) in [6, 6.07) is 28.4. The summed E-state index contributed by atoms with van der Waals surface area (Å²) in [5.41, 5.74) is 3.97. The monoisotopic (exact) mass is 664 g/mol. The first-order valence-corrected chi connectivity index (χ1v) is 14.4. The van der Waals surface area contributed by atoms with Gasteiger partial charge in [-0.2, -0.15) is 34.8 Å². The Kier molecular flexibility index (Phi) is 10.2. The van der Waals surface area contributed by atoms with E-state index in [2.05, 4.69) is 17.2 Å². The van der Waals surface area contributed by atoms with Crippen molar-refractivity contribution in [1.29, 1.82) is 0 Å². The van der Waals surface area contributed by atoms with Crippen LogP contribution in [0.15, 0.2) is 113 Å². The number of benzene rings is 5. The molecule has 5 aromatic carbocycles. The zero-order valence-electron chi connectivity index (χ0n) is 26.3. The Bertz CT molecular complexity index is 2010. The first kappa shape index (κ1) is 34.5. The topological polar surface area (TPSA) is 138 Å². The molecule has 5 aromatic rings. The number of carbonyl (C=O) groups is 2. The molecule has 2 aliphatic heterocycles. The van der Waals surface area contributed by atoms with Gasteiger partial charge in [-0.15, -0.1) is 17.7 Å². The second kappa shape index (κ2) is 14.1. The van der Waals surface area contributed by atoms with Gasteiger partial charge in [0, 0.05) is 54.4 Å². The number of Topliss-reactive ketones (excluding diaryl/α,β-unsaturated/α-hetero) is 1. The number of ether oxygens (including phenoxy) is 2. The summed E-state index contributed by atoms with van der Waals surface area (Å²) in [5.74, 6) is -0.413. The zero-order chi connectivity index (χ0) is 33.3. The molecule has 2 aliphatic rings. The van der Waals surface area contributed by atoms with Crippen LogP contribution in [-0.2, 0) is 15.1 Å². The van der Waals surface area contributed by atoms with Crippen LogP contribution in [0.3, 0.4) is 0 Å². The second-order valence-electron chi connectivity index (χ2n) is 11.0. The van der Waals surface area contributed by atoms with Gasteiger partial charge in [-0.3, -0.25) is 0 Å². The van der Waals surface area contributed by atoms with E-state index in [0.29, 0.717) is 45.0 Å². The molecular formula is C37H27KN3O7-. The van der Waals surface area contributed by atoms with Crippen LogP contribution in [-0.4, -0.2) is 42.3 Å². The molecule has 7 rings (SSSR count). The van der Waals surface area contributed by atoms with Gasteiger partial charge in [0.25, 0.3) is 0 Å². The average Bonchev–Trinajstić information content (AvgIpc) is 3.35. The molecule has 0 aromatic heterocycles. The summed E-state index contributed by atoms with van der Waals surface area (Å²) in [6.45, 7) is 3.39. The van der Waals surface area contributed by atoms with Crippen LogP contribution in [0.1, 0.15) is 43.0 Å². The Morgan fingerprint density at radius 3 is 1.79 bits per heavy atom. The molecule has 1 spiro atoms. The number of ketones is 1. The Labute approximate surface area is 319 Å². The summed E-state index contributed by atoms with van der Waals surface area (Å²) in [7, 11) is 3.98. The summed E-state index contributed by atoms with van der Waals surface area (Å²) >= 11 is 0. The molecule has 0 aliphatic carbocycles. The maximum Gasteiger partial charge on any atom is 1.00 e. The van der Waals surface area contributed by atoms with Gasteiger partial charge in [0.15, 0.2) is 5.60 Å². The minimum atomic E-state index is -1.32. The molecule has 0 saturated carbocycles. The number of hydrogen-bond acceptors (Lipinski definition) is 10. The van der Waals surface area contributed by atoms with E-state index < -0.39 is 17.4 Å². The number of phenols is 2. The summed E-state index contributed by atoms with van der Waals surface area (Å²) in [4.78, 5) is 36.9. The third-order valence-corrected chi connectivity index (χ3v) is 7.73. The van der Waals surface area contributed by atoms with Crippen molar-refractivity contribution in [2.45, 2.75) is 5.60 Å². The zero-order valence-corrected chi connectivity index (χ0v) is 29.4. The quantitative estimate of drug-likeness (QED) is 0.0933. The normalized spacial score (nSPS) is 13.1. The standard InChI is InChI=1S/C22H13O6.C15H14N3O.K/c1-11(23)12-2-5-16-15(8-12)21(26)28-22(16)17-6-3-13(24)9-19(17)27-20-10-14(25)4-7-18(20)22;1-18(2)15-9-7-14(8-10-15)17-16-13-5-3-12(11-19)4-6-13;/h2-10,24-25H,1H2;3-10H,1-2H3;/q2*-1;+1. The van der Waals surface area contributed by atoms with Gasteiger partial charge in [-0.05, 0) is 48.5 Å². The first-order valence-electron chi connectivity index (χ1n) is 14.4. The van der Waals surface area contributed by atoms with Crippen LogP contribution >= 0.6 is 0 Å². The molecule has 2 N–H and O–H groups in total. The van der Waals surface area contributed by atoms with Crippen molar-refractivity contribution in [2.75, 3.05) is 19.0 Å². The van der Waals surface area contributed by atoms with E-state index >= 15 is 0 Å². The largest absolute Gasteiger partial charge is 1.00 e. The molecule has 234 valence electrons. The Hall–Kier alpha value is -4.78. The molecule has 2 heterocycles. The van der Waals surface area contributed by atoms with Crippen LogP contribution in [0.25, 0.3) is 0 Å². The van der Waals surface area contributed by atoms with Crippen LogP contribution in [0.5, 0.6) is 23.0 Å². The third-order valence-electron chi connectivity index (χ3n) is 7.73. The van der Waals surface area contributed by atoms with Crippen molar-refractivity contribution in [2.24, 2.45) is 10.2 Å². The summed E-state index contributed by atoms with van der Waals surface area (Å²) in [6.07, 6.45) is 1.82. The molecule has 0 fully saturated rings. The number of anilines is 1. The van der Waals surface area contributed by atoms with Crippen LogP contribution < -0.4 is 61.0 Å². The molecule has 0 amide bonds. The molecule has 0 atom stereocenters. The molecule has 11 heteroatoms. The molecule has 0 radical (unpaired) electrons. The minimum Gasteiger partial charge on any atom is -0.508 e. The molecule has 10 nitrogen and oxygen atoms in total. The number of carbonyl (C=O) groups excluding carboxylic acids is 3. The van der Waals surface area contributed by atoms with Gasteiger partial charge in [-0.25, -0.2) is 4.79 Å². The van der Waals surface area contributed by atoms with Crippen molar-refractivity contribution in [3.8, 4) is 23.0 Å². The molecule has 0 saturated heterocycles. The van der Waals surface area contributed by atoms with Gasteiger partial charge in [0.2, 0.25) is 0 Å². The molecule has 0 unspecified atom stereocenters. The predicted octanol–water partition coefficient (Wildman–Crippen LogP) is 4.31. The fraction of sp³-hybridized carbons (Fsp3) is 0.0811. The fourth-order valence-corrected chi connectivity index (χ4v) is 5.41. The first-order chi connectivity index (χ1) is 22.6. The van der Waals surface area contributed by atoms with E-state index in [4.69, 9.17) is 9.47 Å². The second-order valence-corrected chi connectivity index (χ2v) is 11.0. The predicted molar refractivity (Wildman–Crippen MR) is 174 cm³/mol. The molecular weight excluding hydrogens is 638 g/mol. The Morgan fingerprint density at radius 2 is 1.29 bits per heavy atom. The number of nitrogens with zero attached hydrogens (tertiary/aromatic N) is 3. The van der Waals surface area contributed by atoms with Crippen LogP contribution in [0, 0.1) is 6.92 Å². The van der Waals surface area contributed by atoms with Gasteiger partial charge in [0.05, 0.1) is 23.2 Å². The van der Waals surface area contributed by atoms with E-state index in [1.165, 1.54) is 30.3 Å². The van der Waals surface area contributed by atoms with Crippen molar-refractivity contribution >= 4 is 35.1 Å². The number of aromatic hydroxyl groups is 2. The fourth-order valence-electron chi connectivity index (χ4n) is 5.41. The van der Waals surface area contributed by atoms with Crippen molar-refractivity contribution in [3.63, 3.8) is 0 Å². The van der Waals surface area contributed by atoms with Crippen molar-refractivity contribution in [3.05, 3.63) is 143 Å². The van der Waals surface area contributed by atoms with E-state index in [1.807, 2.05) is 49.5 Å². The van der Waals surface area contributed by atoms with Gasteiger partial charge in [0.1, 0.15) is 23.0 Å². The number of azo groups is 1. The van der Waals surface area contributed by atoms with Crippen LogP contribution in [0.4, 0.5) is 17.1 Å². The molecule has 0 bridgehead atoms. The van der Waals surface area contributed by atoms with E-state index in [0.717, 1.165) is 11.4 Å². The number of phenolic OH excluding ortho intramolecular Hbond substituents is 2. The van der Waals surface area contributed by atoms with Crippen molar-refractivity contribution < 1.29 is 85.5 Å². The van der Waals surface area contributed by atoms with E-state index in [1.54, 1.807) is 48.5 Å².